The molecule has 0 aromatic carbocycles. The summed E-state index contributed by atoms with van der Waals surface area (Å²) in [5.74, 6) is 1.96. The van der Waals surface area contributed by atoms with Crippen molar-refractivity contribution in [2.45, 2.75) is 32.8 Å². The second-order valence-corrected chi connectivity index (χ2v) is 6.02. The molecule has 2 atom stereocenters. The summed E-state index contributed by atoms with van der Waals surface area (Å²) < 4.78 is 0. The lowest BCUT2D eigenvalue weighted by atomic mass is 9.93. The Labute approximate surface area is 131 Å². The molecule has 116 valence electrons. The van der Waals surface area contributed by atoms with Gasteiger partial charge in [0.25, 0.3) is 0 Å². The van der Waals surface area contributed by atoms with Gasteiger partial charge in [0.2, 0.25) is 0 Å². The zero-order valence-electron chi connectivity index (χ0n) is 13.1. The van der Waals surface area contributed by atoms with Gasteiger partial charge in [-0.3, -0.25) is 4.98 Å². The topological polar surface area (TPSA) is 62.1 Å². The van der Waals surface area contributed by atoms with Gasteiger partial charge in [0.15, 0.2) is 5.82 Å². The average Bonchev–Trinajstić information content (AvgIpc) is 2.55. The highest BCUT2D eigenvalue weighted by Gasteiger charge is 2.24. The van der Waals surface area contributed by atoms with Crippen LogP contribution in [0.2, 0.25) is 0 Å². The van der Waals surface area contributed by atoms with E-state index < -0.39 is 0 Å². The van der Waals surface area contributed by atoms with Crippen LogP contribution in [0, 0.1) is 12.8 Å². The molecule has 1 fully saturated rings. The van der Waals surface area contributed by atoms with Crippen LogP contribution in [0.5, 0.6) is 0 Å². The van der Waals surface area contributed by atoms with E-state index in [1.54, 1.807) is 12.4 Å². The number of hydrogen-bond donors (Lipinski definition) is 1. The first-order valence-electron chi connectivity index (χ1n) is 7.82. The Balaban J connectivity index is 1.89. The molecule has 1 N–H and O–H groups in total. The number of pyridine rings is 1. The van der Waals surface area contributed by atoms with Crippen molar-refractivity contribution in [3.8, 4) is 11.4 Å². The van der Waals surface area contributed by atoms with Crippen LogP contribution >= 0.6 is 0 Å². The molecule has 3 rings (SSSR count). The molecule has 3 heterocycles. The minimum Gasteiger partial charge on any atom is -0.393 e. The molecular formula is C17H22N4O. The van der Waals surface area contributed by atoms with Crippen molar-refractivity contribution in [2.75, 3.05) is 18.0 Å². The molecule has 1 aliphatic heterocycles. The lowest BCUT2D eigenvalue weighted by Gasteiger charge is -2.35. The number of hydrogen-bond acceptors (Lipinski definition) is 5. The summed E-state index contributed by atoms with van der Waals surface area (Å²) in [6.45, 7) is 5.69. The maximum atomic E-state index is 9.86. The number of aliphatic hydroxyl groups excluding tert-OH is 1. The van der Waals surface area contributed by atoms with E-state index in [1.807, 2.05) is 32.0 Å². The molecule has 1 aliphatic rings. The third-order valence-electron chi connectivity index (χ3n) is 4.22. The Kier molecular flexibility index (Phi) is 4.34. The molecule has 0 saturated carbocycles. The van der Waals surface area contributed by atoms with Crippen molar-refractivity contribution in [1.82, 2.24) is 15.0 Å². The normalized spacial score (nSPS) is 20.0. The maximum absolute atomic E-state index is 9.86. The van der Waals surface area contributed by atoms with E-state index in [9.17, 15) is 5.11 Å². The van der Waals surface area contributed by atoms with Crippen LogP contribution in [0.4, 0.5) is 5.82 Å². The van der Waals surface area contributed by atoms with Crippen LogP contribution < -0.4 is 4.90 Å². The standard InChI is InChI=1S/C17H22N4O/c1-12-9-16(21-8-4-6-15(11-21)13(2)22)20-17(19-12)14-5-3-7-18-10-14/h3,5,7,9-10,13,15,22H,4,6,8,11H2,1-2H3. The highest BCUT2D eigenvalue weighted by Crippen LogP contribution is 2.26. The number of aliphatic hydroxyl groups is 1. The molecule has 0 radical (unpaired) electrons. The first kappa shape index (κ1) is 14.9. The van der Waals surface area contributed by atoms with Crippen molar-refractivity contribution in [3.63, 3.8) is 0 Å². The molecule has 0 aliphatic carbocycles. The van der Waals surface area contributed by atoms with Gasteiger partial charge in [0, 0.05) is 48.7 Å². The SMILES string of the molecule is Cc1cc(N2CCCC(C(C)O)C2)nc(-c2cccnc2)n1. The zero-order chi connectivity index (χ0) is 15.5. The fourth-order valence-corrected chi connectivity index (χ4v) is 2.95. The van der Waals surface area contributed by atoms with Gasteiger partial charge in [-0.05, 0) is 38.8 Å². The van der Waals surface area contributed by atoms with Gasteiger partial charge in [0.05, 0.1) is 6.10 Å². The Morgan fingerprint density at radius 3 is 2.95 bits per heavy atom. The summed E-state index contributed by atoms with van der Waals surface area (Å²) >= 11 is 0. The van der Waals surface area contributed by atoms with E-state index in [2.05, 4.69) is 14.9 Å². The fourth-order valence-electron chi connectivity index (χ4n) is 2.95. The first-order valence-corrected chi connectivity index (χ1v) is 7.82. The van der Waals surface area contributed by atoms with Crippen LogP contribution in [0.15, 0.2) is 30.6 Å². The van der Waals surface area contributed by atoms with E-state index in [0.717, 1.165) is 43.0 Å². The number of anilines is 1. The van der Waals surface area contributed by atoms with Crippen molar-refractivity contribution in [2.24, 2.45) is 5.92 Å². The Morgan fingerprint density at radius 2 is 2.23 bits per heavy atom. The molecule has 0 spiro atoms. The third kappa shape index (κ3) is 3.25. The fraction of sp³-hybridized carbons (Fsp3) is 0.471. The summed E-state index contributed by atoms with van der Waals surface area (Å²) in [5.41, 5.74) is 1.87. The van der Waals surface area contributed by atoms with Crippen molar-refractivity contribution < 1.29 is 5.11 Å². The minimum absolute atomic E-state index is 0.275. The minimum atomic E-state index is -0.275. The quantitative estimate of drug-likeness (QED) is 0.943. The summed E-state index contributed by atoms with van der Waals surface area (Å²) in [6.07, 6.45) is 5.42. The molecule has 22 heavy (non-hydrogen) atoms. The van der Waals surface area contributed by atoms with Gasteiger partial charge in [-0.15, -0.1) is 0 Å². The molecule has 0 amide bonds. The third-order valence-corrected chi connectivity index (χ3v) is 4.22. The van der Waals surface area contributed by atoms with Crippen molar-refractivity contribution >= 4 is 5.82 Å². The van der Waals surface area contributed by atoms with Crippen LogP contribution in [-0.2, 0) is 0 Å². The van der Waals surface area contributed by atoms with E-state index in [0.29, 0.717) is 11.7 Å². The Bertz CT molecular complexity index is 630. The predicted octanol–water partition coefficient (Wildman–Crippen LogP) is 2.44. The van der Waals surface area contributed by atoms with Crippen LogP contribution in [-0.4, -0.2) is 39.3 Å². The average molecular weight is 298 g/mol. The van der Waals surface area contributed by atoms with Crippen LogP contribution in [0.1, 0.15) is 25.5 Å². The summed E-state index contributed by atoms with van der Waals surface area (Å²) in [5, 5.41) is 9.86. The number of nitrogens with zero attached hydrogens (tertiary/aromatic N) is 4. The van der Waals surface area contributed by atoms with E-state index in [4.69, 9.17) is 4.98 Å². The van der Waals surface area contributed by atoms with Gasteiger partial charge in [-0.1, -0.05) is 0 Å². The molecule has 0 bridgehead atoms. The molecule has 2 aromatic heterocycles. The highest BCUT2D eigenvalue weighted by atomic mass is 16.3. The van der Waals surface area contributed by atoms with E-state index in [-0.39, 0.29) is 6.10 Å². The van der Waals surface area contributed by atoms with Crippen molar-refractivity contribution in [3.05, 3.63) is 36.3 Å². The highest BCUT2D eigenvalue weighted by molar-refractivity contribution is 5.56. The van der Waals surface area contributed by atoms with Gasteiger partial charge in [-0.2, -0.15) is 0 Å². The first-order chi connectivity index (χ1) is 10.6. The van der Waals surface area contributed by atoms with Crippen LogP contribution in [0.25, 0.3) is 11.4 Å². The molecular weight excluding hydrogens is 276 g/mol. The lowest BCUT2D eigenvalue weighted by Crippen LogP contribution is -2.40. The van der Waals surface area contributed by atoms with Gasteiger partial charge >= 0.3 is 0 Å². The van der Waals surface area contributed by atoms with Gasteiger partial charge in [0.1, 0.15) is 5.82 Å². The summed E-state index contributed by atoms with van der Waals surface area (Å²) in [4.78, 5) is 15.6. The van der Waals surface area contributed by atoms with Crippen molar-refractivity contribution in [1.29, 1.82) is 0 Å². The molecule has 1 saturated heterocycles. The van der Waals surface area contributed by atoms with Gasteiger partial charge < -0.3 is 10.0 Å². The van der Waals surface area contributed by atoms with E-state index in [1.165, 1.54) is 0 Å². The zero-order valence-corrected chi connectivity index (χ0v) is 13.1. The van der Waals surface area contributed by atoms with E-state index >= 15 is 0 Å². The maximum Gasteiger partial charge on any atom is 0.163 e. The molecule has 5 heteroatoms. The monoisotopic (exact) mass is 298 g/mol. The Morgan fingerprint density at radius 1 is 1.36 bits per heavy atom. The second kappa shape index (κ2) is 6.40. The molecule has 5 nitrogen and oxygen atoms in total. The second-order valence-electron chi connectivity index (χ2n) is 6.02. The number of rotatable bonds is 3. The molecule has 2 unspecified atom stereocenters. The number of piperidine rings is 1. The lowest BCUT2D eigenvalue weighted by molar-refractivity contribution is 0.115. The molecule has 2 aromatic rings. The number of aryl methyl sites for hydroxylation is 1. The smallest absolute Gasteiger partial charge is 0.163 e. The Hall–Kier alpha value is -2.01. The number of aromatic nitrogens is 3. The summed E-state index contributed by atoms with van der Waals surface area (Å²) in [6, 6.07) is 5.88. The van der Waals surface area contributed by atoms with Crippen LogP contribution in [0.3, 0.4) is 0 Å². The summed E-state index contributed by atoms with van der Waals surface area (Å²) in [7, 11) is 0. The predicted molar refractivity (Wildman–Crippen MR) is 86.6 cm³/mol. The largest absolute Gasteiger partial charge is 0.393 e. The van der Waals surface area contributed by atoms with Gasteiger partial charge in [-0.25, -0.2) is 9.97 Å².